The number of nitrogens with one attached hydrogen (secondary N) is 1. The van der Waals surface area contributed by atoms with E-state index in [1.54, 1.807) is 4.68 Å². The fraction of sp³-hybridized carbons (Fsp3) is 0.176. The Morgan fingerprint density at radius 3 is 2.36 bits per heavy atom. The zero-order chi connectivity index (χ0) is 15.4. The predicted octanol–water partition coefficient (Wildman–Crippen LogP) is 2.54. The lowest BCUT2D eigenvalue weighted by Gasteiger charge is -2.13. The van der Waals surface area contributed by atoms with E-state index in [9.17, 15) is 0 Å². The van der Waals surface area contributed by atoms with Crippen molar-refractivity contribution in [2.24, 2.45) is 0 Å². The first-order chi connectivity index (χ1) is 10.7. The van der Waals surface area contributed by atoms with E-state index in [2.05, 4.69) is 36.4 Å². The predicted molar refractivity (Wildman–Crippen MR) is 87.8 cm³/mol. The van der Waals surface area contributed by atoms with Crippen molar-refractivity contribution >= 4 is 12.2 Å². The van der Waals surface area contributed by atoms with Gasteiger partial charge in [-0.15, -0.1) is 5.10 Å². The van der Waals surface area contributed by atoms with Gasteiger partial charge in [-0.1, -0.05) is 48.5 Å². The maximum absolute atomic E-state index is 5.61. The van der Waals surface area contributed by atoms with Crippen LogP contribution in [0.15, 0.2) is 65.1 Å². The summed E-state index contributed by atoms with van der Waals surface area (Å²) in [5.41, 5.74) is 2.23. The minimum absolute atomic E-state index is 0.409. The number of aromatic nitrogens is 2. The van der Waals surface area contributed by atoms with E-state index >= 15 is 0 Å². The molecule has 112 valence electrons. The Hall–Kier alpha value is -2.24. The Morgan fingerprint density at radius 2 is 1.68 bits per heavy atom. The molecule has 0 fully saturated rings. The first-order valence-electron chi connectivity index (χ1n) is 7.21. The van der Waals surface area contributed by atoms with Crippen LogP contribution in [0.4, 0.5) is 0 Å². The lowest BCUT2D eigenvalue weighted by Crippen LogP contribution is -3.07. The molecule has 5 heteroatoms. The van der Waals surface area contributed by atoms with E-state index < -0.39 is 0 Å². The van der Waals surface area contributed by atoms with Crippen molar-refractivity contribution in [2.45, 2.75) is 13.2 Å². The summed E-state index contributed by atoms with van der Waals surface area (Å²) in [6.07, 6.45) is 0. The maximum Gasteiger partial charge on any atom is 0.292 e. The molecule has 1 heterocycles. The Bertz CT molecular complexity index is 780. The van der Waals surface area contributed by atoms with E-state index in [0.29, 0.717) is 17.4 Å². The second-order valence-corrected chi connectivity index (χ2v) is 5.67. The van der Waals surface area contributed by atoms with Gasteiger partial charge >= 0.3 is 0 Å². The Kier molecular flexibility index (Phi) is 4.46. The van der Waals surface area contributed by atoms with Crippen LogP contribution in [-0.2, 0) is 13.2 Å². The van der Waals surface area contributed by atoms with Crippen LogP contribution in [0.25, 0.3) is 11.5 Å². The third-order valence-corrected chi connectivity index (χ3v) is 3.69. The van der Waals surface area contributed by atoms with E-state index in [-0.39, 0.29) is 0 Å². The van der Waals surface area contributed by atoms with E-state index in [1.807, 2.05) is 36.4 Å². The Morgan fingerprint density at radius 1 is 1.05 bits per heavy atom. The molecule has 2 aromatic carbocycles. The third-order valence-electron chi connectivity index (χ3n) is 3.40. The van der Waals surface area contributed by atoms with Crippen molar-refractivity contribution in [3.8, 4) is 11.5 Å². The van der Waals surface area contributed by atoms with Crippen molar-refractivity contribution in [3.05, 3.63) is 71.1 Å². The number of hydrogen-bond donors (Lipinski definition) is 1. The molecular weight excluding hydrogens is 294 g/mol. The van der Waals surface area contributed by atoms with Crippen LogP contribution in [0.3, 0.4) is 0 Å². The van der Waals surface area contributed by atoms with Crippen molar-refractivity contribution in [3.63, 3.8) is 0 Å². The average Bonchev–Trinajstić information content (AvgIpc) is 2.90. The van der Waals surface area contributed by atoms with Crippen LogP contribution in [0.1, 0.15) is 5.56 Å². The van der Waals surface area contributed by atoms with E-state index in [0.717, 1.165) is 12.1 Å². The monoisotopic (exact) mass is 312 g/mol. The SMILES string of the molecule is C[NH+](Cc1ccccc1)Cn1nc(-c2ccccc2)oc1=S. The zero-order valence-electron chi connectivity index (χ0n) is 12.4. The molecule has 1 N–H and O–H groups in total. The lowest BCUT2D eigenvalue weighted by molar-refractivity contribution is -0.917. The second-order valence-electron chi connectivity index (χ2n) is 5.32. The van der Waals surface area contributed by atoms with Crippen LogP contribution >= 0.6 is 12.2 Å². The number of hydrogen-bond acceptors (Lipinski definition) is 3. The highest BCUT2D eigenvalue weighted by Gasteiger charge is 2.11. The van der Waals surface area contributed by atoms with Crippen LogP contribution in [0.2, 0.25) is 0 Å². The molecule has 0 saturated carbocycles. The summed E-state index contributed by atoms with van der Waals surface area (Å²) in [5.74, 6) is 0.568. The van der Waals surface area contributed by atoms with Gasteiger partial charge in [0.2, 0.25) is 5.89 Å². The molecule has 4 nitrogen and oxygen atoms in total. The van der Waals surface area contributed by atoms with Crippen LogP contribution in [0.5, 0.6) is 0 Å². The van der Waals surface area contributed by atoms with Gasteiger partial charge in [0.15, 0.2) is 6.67 Å². The highest BCUT2D eigenvalue weighted by Crippen LogP contribution is 2.16. The smallest absolute Gasteiger partial charge is 0.292 e. The van der Waals surface area contributed by atoms with Crippen molar-refractivity contribution < 1.29 is 9.32 Å². The van der Waals surface area contributed by atoms with Gasteiger partial charge in [-0.25, -0.2) is 0 Å². The quantitative estimate of drug-likeness (QED) is 0.736. The molecule has 0 aliphatic rings. The molecule has 1 unspecified atom stereocenters. The van der Waals surface area contributed by atoms with Crippen LogP contribution in [0, 0.1) is 4.84 Å². The standard InChI is InChI=1S/C17H17N3OS/c1-19(12-14-8-4-2-5-9-14)13-20-17(22)21-16(18-20)15-10-6-3-7-11-15/h2-11H,12-13H2,1H3/p+1. The minimum atomic E-state index is 0.409. The van der Waals surface area contributed by atoms with Gasteiger partial charge in [0.1, 0.15) is 6.54 Å². The Labute approximate surface area is 134 Å². The largest absolute Gasteiger partial charge is 0.409 e. The van der Waals surface area contributed by atoms with Gasteiger partial charge in [-0.05, 0) is 24.4 Å². The first-order valence-corrected chi connectivity index (χ1v) is 7.62. The van der Waals surface area contributed by atoms with E-state index in [4.69, 9.17) is 16.6 Å². The maximum atomic E-state index is 5.61. The molecule has 1 aromatic heterocycles. The van der Waals surface area contributed by atoms with Gasteiger partial charge in [-0.2, -0.15) is 4.68 Å². The second kappa shape index (κ2) is 6.68. The summed E-state index contributed by atoms with van der Waals surface area (Å²) in [5, 5.41) is 4.49. The van der Waals surface area contributed by atoms with Gasteiger partial charge in [0, 0.05) is 11.1 Å². The fourth-order valence-corrected chi connectivity index (χ4v) is 2.54. The third kappa shape index (κ3) is 3.50. The zero-order valence-corrected chi connectivity index (χ0v) is 13.2. The first kappa shape index (κ1) is 14.7. The van der Waals surface area contributed by atoms with E-state index in [1.165, 1.54) is 10.5 Å². The number of nitrogens with zero attached hydrogens (tertiary/aromatic N) is 2. The summed E-state index contributed by atoms with van der Waals surface area (Å²) in [4.78, 5) is 1.70. The molecule has 1 atom stereocenters. The average molecular weight is 312 g/mol. The minimum Gasteiger partial charge on any atom is -0.409 e. The normalized spacial score (nSPS) is 12.2. The summed E-state index contributed by atoms with van der Waals surface area (Å²) in [6, 6.07) is 20.2. The molecule has 0 aliphatic carbocycles. The van der Waals surface area contributed by atoms with Gasteiger partial charge < -0.3 is 9.32 Å². The van der Waals surface area contributed by atoms with Crippen molar-refractivity contribution in [1.82, 2.24) is 9.78 Å². The van der Waals surface area contributed by atoms with Gasteiger partial charge in [0.05, 0.1) is 7.05 Å². The molecule has 0 spiro atoms. The highest BCUT2D eigenvalue weighted by molar-refractivity contribution is 7.71. The fourth-order valence-electron chi connectivity index (χ4n) is 2.36. The summed E-state index contributed by atoms with van der Waals surface area (Å²) >= 11 is 5.28. The number of benzene rings is 2. The summed E-state index contributed by atoms with van der Waals surface area (Å²) < 4.78 is 7.35. The molecule has 0 saturated heterocycles. The van der Waals surface area contributed by atoms with Crippen molar-refractivity contribution in [2.75, 3.05) is 7.05 Å². The molecule has 22 heavy (non-hydrogen) atoms. The van der Waals surface area contributed by atoms with Crippen LogP contribution < -0.4 is 4.90 Å². The van der Waals surface area contributed by atoms with Crippen LogP contribution in [-0.4, -0.2) is 16.8 Å². The van der Waals surface area contributed by atoms with Crippen molar-refractivity contribution in [1.29, 1.82) is 0 Å². The molecule has 0 amide bonds. The topological polar surface area (TPSA) is 35.4 Å². The molecule has 3 rings (SSSR count). The van der Waals surface area contributed by atoms with Gasteiger partial charge in [0.25, 0.3) is 4.84 Å². The molecule has 0 aliphatic heterocycles. The van der Waals surface area contributed by atoms with Gasteiger partial charge in [-0.3, -0.25) is 0 Å². The summed E-state index contributed by atoms with van der Waals surface area (Å²) in [7, 11) is 2.12. The Balaban J connectivity index is 1.73. The molecule has 3 aromatic rings. The molecule has 0 bridgehead atoms. The molecular formula is C17H18N3OS+. The lowest BCUT2D eigenvalue weighted by atomic mass is 10.2. The highest BCUT2D eigenvalue weighted by atomic mass is 32.1. The number of rotatable bonds is 5. The summed E-state index contributed by atoms with van der Waals surface area (Å²) in [6.45, 7) is 1.58. The molecule has 0 radical (unpaired) electrons. The number of quaternary nitrogens is 1.